The molecule has 0 saturated carbocycles. The molecule has 62 valence electrons. The summed E-state index contributed by atoms with van der Waals surface area (Å²) in [5.74, 6) is 0. The summed E-state index contributed by atoms with van der Waals surface area (Å²) < 4.78 is 0. The van der Waals surface area contributed by atoms with Crippen molar-refractivity contribution in [3.8, 4) is 0 Å². The normalized spacial score (nSPS) is 5.40. The molecule has 0 aliphatic rings. The molecule has 0 N–H and O–H groups in total. The number of rotatable bonds is 0. The van der Waals surface area contributed by atoms with Crippen molar-refractivity contribution >= 4 is 9.90 Å². The topological polar surface area (TPSA) is 42.3 Å². The average Bonchev–Trinajstić information content (AvgIpc) is 1.70. The first-order valence-corrected chi connectivity index (χ1v) is 2.68. The molecule has 4 heteroatoms. The standard InChI is InChI=1S/3C2H6N.P/c3*1-3-2;/h3*1-2H3;/q3*-1;+3. The monoisotopic (exact) mass is 163 g/mol. The second kappa shape index (κ2) is 58.7. The molecule has 10 heavy (non-hydrogen) atoms. The molecule has 0 aromatic heterocycles. The van der Waals surface area contributed by atoms with E-state index in [-0.39, 0.29) is 9.90 Å². The van der Waals surface area contributed by atoms with E-state index < -0.39 is 0 Å². The number of nitrogens with zero attached hydrogens (tertiary/aromatic N) is 3. The first-order chi connectivity index (χ1) is 4.24. The van der Waals surface area contributed by atoms with Crippen LogP contribution in [0, 0.1) is 0 Å². The van der Waals surface area contributed by atoms with Gasteiger partial charge in [-0.3, -0.25) is 0 Å². The third kappa shape index (κ3) is 4620. The van der Waals surface area contributed by atoms with E-state index in [1.165, 1.54) is 0 Å². The molecule has 0 fully saturated rings. The molecule has 0 aromatic rings. The van der Waals surface area contributed by atoms with Gasteiger partial charge in [0.05, 0.1) is 0 Å². The van der Waals surface area contributed by atoms with Gasteiger partial charge in [0.25, 0.3) is 0 Å². The molecule has 0 amide bonds. The summed E-state index contributed by atoms with van der Waals surface area (Å²) in [5.41, 5.74) is 0. The van der Waals surface area contributed by atoms with Gasteiger partial charge in [-0.2, -0.15) is 42.3 Å². The zero-order chi connectivity index (χ0) is 8.12. The molecular formula is C6H18N3P. The summed E-state index contributed by atoms with van der Waals surface area (Å²) in [4.78, 5) is 0. The summed E-state index contributed by atoms with van der Waals surface area (Å²) in [6, 6.07) is 0. The van der Waals surface area contributed by atoms with E-state index in [1.54, 1.807) is 42.3 Å². The van der Waals surface area contributed by atoms with Crippen LogP contribution in [0.1, 0.15) is 0 Å². The number of hydrogen-bond donors (Lipinski definition) is 0. The van der Waals surface area contributed by atoms with Crippen molar-refractivity contribution in [2.75, 3.05) is 42.3 Å². The van der Waals surface area contributed by atoms with Gasteiger partial charge in [0.15, 0.2) is 0 Å². The summed E-state index contributed by atoms with van der Waals surface area (Å²) in [5, 5.41) is 10.5. The Morgan fingerprint density at radius 1 is 0.500 bits per heavy atom. The minimum absolute atomic E-state index is 0. The van der Waals surface area contributed by atoms with Crippen LogP contribution in [-0.4, -0.2) is 42.3 Å². The van der Waals surface area contributed by atoms with Crippen LogP contribution in [0.25, 0.3) is 16.0 Å². The largest absolute Gasteiger partial charge is 3.00 e. The molecule has 0 atom stereocenters. The van der Waals surface area contributed by atoms with Gasteiger partial charge in [-0.15, -0.1) is 0 Å². The number of hydrogen-bond acceptors (Lipinski definition) is 0. The minimum Gasteiger partial charge on any atom is -0.668 e. The van der Waals surface area contributed by atoms with E-state index in [2.05, 4.69) is 16.0 Å². The van der Waals surface area contributed by atoms with Crippen LogP contribution in [-0.2, 0) is 0 Å². The van der Waals surface area contributed by atoms with E-state index in [1.807, 2.05) is 0 Å². The molecule has 0 aromatic carbocycles. The third-order valence-electron chi connectivity index (χ3n) is 0. The van der Waals surface area contributed by atoms with Crippen molar-refractivity contribution in [1.29, 1.82) is 0 Å². The smallest absolute Gasteiger partial charge is 0.668 e. The van der Waals surface area contributed by atoms with Crippen LogP contribution < -0.4 is 0 Å². The Hall–Kier alpha value is 0.310. The molecule has 0 aliphatic heterocycles. The Balaban J connectivity index is -0.0000000257. The third-order valence-corrected chi connectivity index (χ3v) is 0. The van der Waals surface area contributed by atoms with Crippen molar-refractivity contribution in [2.45, 2.75) is 0 Å². The maximum atomic E-state index is 3.50. The first kappa shape index (κ1) is 22.4. The average molecular weight is 163 g/mol. The summed E-state index contributed by atoms with van der Waals surface area (Å²) in [7, 11) is 10.5. The van der Waals surface area contributed by atoms with Crippen molar-refractivity contribution in [2.24, 2.45) is 0 Å². The maximum Gasteiger partial charge on any atom is 3.00 e. The molecule has 0 saturated heterocycles. The maximum absolute atomic E-state index is 3.50. The van der Waals surface area contributed by atoms with Crippen LogP contribution in [0.15, 0.2) is 0 Å². The second-order valence-electron chi connectivity index (χ2n) is 1.34. The first-order valence-electron chi connectivity index (χ1n) is 2.68. The predicted octanol–water partition coefficient (Wildman–Crippen LogP) is 2.72. The molecule has 0 bridgehead atoms. The van der Waals surface area contributed by atoms with E-state index in [4.69, 9.17) is 0 Å². The van der Waals surface area contributed by atoms with Gasteiger partial charge in [-0.25, -0.2) is 0 Å². The van der Waals surface area contributed by atoms with E-state index in [0.29, 0.717) is 0 Å². The van der Waals surface area contributed by atoms with Gasteiger partial charge in [0.1, 0.15) is 0 Å². The molecule has 2 radical (unpaired) electrons. The molecule has 3 nitrogen and oxygen atoms in total. The van der Waals surface area contributed by atoms with E-state index in [9.17, 15) is 0 Å². The predicted molar refractivity (Wildman–Crippen MR) is 52.5 cm³/mol. The van der Waals surface area contributed by atoms with Gasteiger partial charge in [-0.1, -0.05) is 0 Å². The summed E-state index contributed by atoms with van der Waals surface area (Å²) in [6.45, 7) is 0. The van der Waals surface area contributed by atoms with Gasteiger partial charge < -0.3 is 16.0 Å². The Morgan fingerprint density at radius 3 is 0.500 bits per heavy atom. The molecule has 0 unspecified atom stereocenters. The van der Waals surface area contributed by atoms with Crippen LogP contribution in [0.5, 0.6) is 0 Å². The van der Waals surface area contributed by atoms with Crippen LogP contribution in [0.4, 0.5) is 0 Å². The Kier molecular flexibility index (Phi) is 132. The molecule has 0 heterocycles. The summed E-state index contributed by atoms with van der Waals surface area (Å²) in [6.07, 6.45) is 0. The van der Waals surface area contributed by atoms with Crippen LogP contribution in [0.3, 0.4) is 0 Å². The molecule has 0 spiro atoms. The van der Waals surface area contributed by atoms with Crippen molar-refractivity contribution in [1.82, 2.24) is 0 Å². The van der Waals surface area contributed by atoms with Crippen molar-refractivity contribution < 1.29 is 0 Å². The second-order valence-corrected chi connectivity index (χ2v) is 1.34. The van der Waals surface area contributed by atoms with Gasteiger partial charge in [0.2, 0.25) is 0 Å². The molecule has 0 aliphatic carbocycles. The van der Waals surface area contributed by atoms with Crippen molar-refractivity contribution in [3.05, 3.63) is 16.0 Å². The Morgan fingerprint density at radius 2 is 0.500 bits per heavy atom. The van der Waals surface area contributed by atoms with Crippen LogP contribution >= 0.6 is 9.90 Å². The van der Waals surface area contributed by atoms with E-state index >= 15 is 0 Å². The fraction of sp³-hybridized carbons (Fsp3) is 1.00. The minimum atomic E-state index is 0. The molecule has 0 rings (SSSR count). The Bertz CT molecular complexity index is 17.7. The Labute approximate surface area is 69.0 Å². The van der Waals surface area contributed by atoms with Crippen LogP contribution in [0.2, 0.25) is 0 Å². The zero-order valence-electron chi connectivity index (χ0n) is 7.79. The SMILES string of the molecule is C[N-]C.C[N-]C.C[N-]C.[P+3]. The van der Waals surface area contributed by atoms with Gasteiger partial charge >= 0.3 is 9.90 Å². The van der Waals surface area contributed by atoms with E-state index in [0.717, 1.165) is 0 Å². The zero-order valence-corrected chi connectivity index (χ0v) is 8.68. The molecular weight excluding hydrogens is 145 g/mol. The van der Waals surface area contributed by atoms with Gasteiger partial charge in [0, 0.05) is 0 Å². The fourth-order valence-electron chi connectivity index (χ4n) is 0. The quantitative estimate of drug-likeness (QED) is 0.493. The van der Waals surface area contributed by atoms with Crippen molar-refractivity contribution in [3.63, 3.8) is 0 Å². The summed E-state index contributed by atoms with van der Waals surface area (Å²) >= 11 is 0. The van der Waals surface area contributed by atoms with Gasteiger partial charge in [-0.05, 0) is 0 Å². The fourth-order valence-corrected chi connectivity index (χ4v) is 0.